The first-order chi connectivity index (χ1) is 12.3. The van der Waals surface area contributed by atoms with Gasteiger partial charge >= 0.3 is 0 Å². The van der Waals surface area contributed by atoms with Gasteiger partial charge in [0.25, 0.3) is 5.91 Å². The van der Waals surface area contributed by atoms with Crippen molar-refractivity contribution >= 4 is 28.6 Å². The minimum atomic E-state index is -0.156. The summed E-state index contributed by atoms with van der Waals surface area (Å²) in [7, 11) is 0. The van der Waals surface area contributed by atoms with Gasteiger partial charge in [0.05, 0.1) is 17.1 Å². The predicted molar refractivity (Wildman–Crippen MR) is 97.8 cm³/mol. The summed E-state index contributed by atoms with van der Waals surface area (Å²) in [5, 5.41) is 2.92. The first kappa shape index (κ1) is 16.3. The second kappa shape index (κ2) is 7.35. The number of fused-ring (bicyclic) bond motifs is 1. The molecule has 1 saturated carbocycles. The lowest BCUT2D eigenvalue weighted by atomic mass is 10.3. The molecule has 1 amide bonds. The summed E-state index contributed by atoms with van der Waals surface area (Å²) in [6.07, 6.45) is 7.03. The van der Waals surface area contributed by atoms with Crippen LogP contribution in [0.4, 0.5) is 11.6 Å². The van der Waals surface area contributed by atoms with Crippen molar-refractivity contribution in [2.24, 2.45) is 0 Å². The molecule has 1 aromatic heterocycles. The highest BCUT2D eigenvalue weighted by Crippen LogP contribution is 2.28. The van der Waals surface area contributed by atoms with E-state index in [0.29, 0.717) is 5.82 Å². The molecule has 1 N–H and O–H groups in total. The molecule has 1 saturated heterocycles. The Hall–Kier alpha value is -2.21. The van der Waals surface area contributed by atoms with Gasteiger partial charge in [0.2, 0.25) is 0 Å². The number of carbonyl (C=O) groups is 1. The largest absolute Gasteiger partial charge is 0.368 e. The summed E-state index contributed by atoms with van der Waals surface area (Å²) in [5.74, 6) is 1.16. The van der Waals surface area contributed by atoms with Gasteiger partial charge in [0, 0.05) is 13.1 Å². The van der Waals surface area contributed by atoms with Crippen molar-refractivity contribution in [1.82, 2.24) is 9.97 Å². The van der Waals surface area contributed by atoms with Crippen LogP contribution in [0.15, 0.2) is 24.3 Å². The fourth-order valence-electron chi connectivity index (χ4n) is 3.64. The molecule has 25 heavy (non-hydrogen) atoms. The molecule has 4 rings (SSSR count). The third kappa shape index (κ3) is 3.74. The third-order valence-electron chi connectivity index (χ3n) is 4.97. The number of anilines is 2. The highest BCUT2D eigenvalue weighted by molar-refractivity contribution is 5.95. The number of hydrogen-bond donors (Lipinski definition) is 1. The van der Waals surface area contributed by atoms with E-state index in [1.807, 2.05) is 24.3 Å². The summed E-state index contributed by atoms with van der Waals surface area (Å²) < 4.78 is 5.72. The highest BCUT2D eigenvalue weighted by atomic mass is 16.5. The molecule has 1 aromatic carbocycles. The van der Waals surface area contributed by atoms with Crippen LogP contribution in [0.5, 0.6) is 0 Å². The number of hydrogen-bond acceptors (Lipinski definition) is 5. The fourth-order valence-corrected chi connectivity index (χ4v) is 3.64. The van der Waals surface area contributed by atoms with Gasteiger partial charge in [-0.3, -0.25) is 4.79 Å². The molecule has 0 bridgehead atoms. The van der Waals surface area contributed by atoms with Crippen molar-refractivity contribution in [2.45, 2.75) is 44.6 Å². The quantitative estimate of drug-likeness (QED) is 0.906. The maximum Gasteiger partial charge on any atom is 0.251 e. The highest BCUT2D eigenvalue weighted by Gasteiger charge is 2.22. The van der Waals surface area contributed by atoms with Crippen molar-refractivity contribution in [3.8, 4) is 0 Å². The summed E-state index contributed by atoms with van der Waals surface area (Å²) in [6, 6.07) is 7.76. The Morgan fingerprint density at radius 1 is 1.08 bits per heavy atom. The number of carbonyl (C=O) groups excluding carboxylic acids is 1. The number of aromatic nitrogens is 2. The zero-order valence-electron chi connectivity index (χ0n) is 14.4. The number of para-hydroxylation sites is 2. The molecule has 2 fully saturated rings. The molecule has 6 heteroatoms. The molecule has 0 atom stereocenters. The van der Waals surface area contributed by atoms with Gasteiger partial charge in [-0.05, 0) is 37.8 Å². The molecule has 0 radical (unpaired) electrons. The first-order valence-electron chi connectivity index (χ1n) is 9.23. The van der Waals surface area contributed by atoms with Crippen LogP contribution in [0.3, 0.4) is 0 Å². The van der Waals surface area contributed by atoms with E-state index in [2.05, 4.69) is 15.2 Å². The van der Waals surface area contributed by atoms with Crippen molar-refractivity contribution in [1.29, 1.82) is 0 Å². The van der Waals surface area contributed by atoms with E-state index in [1.165, 1.54) is 12.8 Å². The van der Waals surface area contributed by atoms with E-state index in [9.17, 15) is 4.79 Å². The molecule has 6 nitrogen and oxygen atoms in total. The summed E-state index contributed by atoms with van der Waals surface area (Å²) in [5.41, 5.74) is 1.64. The van der Waals surface area contributed by atoms with Crippen LogP contribution in [-0.4, -0.2) is 41.7 Å². The lowest BCUT2D eigenvalue weighted by Crippen LogP contribution is -2.26. The average Bonchev–Trinajstić information content (AvgIpc) is 3.33. The molecule has 2 aliphatic rings. The minimum absolute atomic E-state index is 0.0820. The summed E-state index contributed by atoms with van der Waals surface area (Å²) in [4.78, 5) is 24.0. The van der Waals surface area contributed by atoms with Gasteiger partial charge in [-0.15, -0.1) is 0 Å². The molecule has 0 spiro atoms. The van der Waals surface area contributed by atoms with E-state index in [-0.39, 0.29) is 18.6 Å². The van der Waals surface area contributed by atoms with Gasteiger partial charge in [-0.2, -0.15) is 0 Å². The Morgan fingerprint density at radius 3 is 2.48 bits per heavy atom. The van der Waals surface area contributed by atoms with Crippen LogP contribution in [-0.2, 0) is 9.53 Å². The third-order valence-corrected chi connectivity index (χ3v) is 4.97. The van der Waals surface area contributed by atoms with E-state index in [4.69, 9.17) is 9.72 Å². The maximum atomic E-state index is 12.3. The average molecular weight is 340 g/mol. The van der Waals surface area contributed by atoms with Crippen LogP contribution < -0.4 is 10.2 Å². The molecule has 0 unspecified atom stereocenters. The van der Waals surface area contributed by atoms with Gasteiger partial charge in [-0.1, -0.05) is 25.0 Å². The molecule has 1 aliphatic heterocycles. The molecule has 2 heterocycles. The van der Waals surface area contributed by atoms with Crippen LogP contribution in [0.1, 0.15) is 38.5 Å². The Kier molecular flexibility index (Phi) is 4.78. The van der Waals surface area contributed by atoms with Crippen molar-refractivity contribution in [3.63, 3.8) is 0 Å². The lowest BCUT2D eigenvalue weighted by Gasteiger charge is -2.20. The van der Waals surface area contributed by atoms with Crippen molar-refractivity contribution in [2.75, 3.05) is 29.9 Å². The van der Waals surface area contributed by atoms with Crippen LogP contribution >= 0.6 is 0 Å². The number of amides is 1. The van der Waals surface area contributed by atoms with Gasteiger partial charge in [0.1, 0.15) is 6.61 Å². The van der Waals surface area contributed by atoms with Crippen LogP contribution in [0.2, 0.25) is 0 Å². The Bertz CT molecular complexity index is 752. The summed E-state index contributed by atoms with van der Waals surface area (Å²) in [6.45, 7) is 1.99. The number of nitrogens with one attached hydrogen (secondary N) is 1. The van der Waals surface area contributed by atoms with E-state index < -0.39 is 0 Å². The molecule has 1 aliphatic carbocycles. The van der Waals surface area contributed by atoms with E-state index in [0.717, 1.165) is 55.6 Å². The van der Waals surface area contributed by atoms with Gasteiger partial charge < -0.3 is 15.0 Å². The zero-order chi connectivity index (χ0) is 17.1. The Morgan fingerprint density at radius 2 is 1.76 bits per heavy atom. The fraction of sp³-hybridized carbons (Fsp3) is 0.526. The van der Waals surface area contributed by atoms with E-state index >= 15 is 0 Å². The second-order valence-electron chi connectivity index (χ2n) is 6.84. The van der Waals surface area contributed by atoms with E-state index in [1.54, 1.807) is 0 Å². The molecule has 132 valence electrons. The molecular formula is C19H24N4O2. The Labute approximate surface area is 147 Å². The SMILES string of the molecule is O=C(COC1CCCC1)Nc1nc2ccccc2nc1N1CCCC1. The normalized spacial score (nSPS) is 18.2. The zero-order valence-corrected chi connectivity index (χ0v) is 14.4. The minimum Gasteiger partial charge on any atom is -0.368 e. The maximum absolute atomic E-state index is 12.3. The number of rotatable bonds is 5. The van der Waals surface area contributed by atoms with Crippen LogP contribution in [0.25, 0.3) is 11.0 Å². The smallest absolute Gasteiger partial charge is 0.251 e. The topological polar surface area (TPSA) is 67.3 Å². The Balaban J connectivity index is 1.53. The van der Waals surface area contributed by atoms with Crippen molar-refractivity contribution in [3.05, 3.63) is 24.3 Å². The van der Waals surface area contributed by atoms with Crippen LogP contribution in [0, 0.1) is 0 Å². The van der Waals surface area contributed by atoms with Gasteiger partial charge in [-0.25, -0.2) is 9.97 Å². The number of benzene rings is 1. The summed E-state index contributed by atoms with van der Waals surface area (Å²) >= 11 is 0. The predicted octanol–water partition coefficient (Wildman–Crippen LogP) is 3.13. The van der Waals surface area contributed by atoms with Crippen molar-refractivity contribution < 1.29 is 9.53 Å². The number of nitrogens with zero attached hydrogens (tertiary/aromatic N) is 3. The second-order valence-corrected chi connectivity index (χ2v) is 6.84. The molecular weight excluding hydrogens is 316 g/mol. The van der Waals surface area contributed by atoms with Gasteiger partial charge in [0.15, 0.2) is 11.6 Å². The lowest BCUT2D eigenvalue weighted by molar-refractivity contribution is -0.122. The number of ether oxygens (including phenoxy) is 1. The first-order valence-corrected chi connectivity index (χ1v) is 9.23. The standard InChI is InChI=1S/C19H24N4O2/c24-17(13-25-14-7-1-2-8-14)22-18-19(23-11-5-6-12-23)21-16-10-4-3-9-15(16)20-18/h3-4,9-10,14H,1-2,5-8,11-13H2,(H,20,22,24). The molecule has 2 aromatic rings. The monoisotopic (exact) mass is 340 g/mol.